The number of nitrogens with zero attached hydrogens (tertiary/aromatic N) is 3. The highest BCUT2D eigenvalue weighted by molar-refractivity contribution is 5.80. The Balaban J connectivity index is 1.68. The smallest absolute Gasteiger partial charge is 0.216 e. The van der Waals surface area contributed by atoms with Crippen molar-refractivity contribution in [1.29, 1.82) is 0 Å². The maximum atomic E-state index is 13.8. The minimum atomic E-state index is -0.213. The third-order valence-corrected chi connectivity index (χ3v) is 4.05. The van der Waals surface area contributed by atoms with Gasteiger partial charge in [-0.05, 0) is 50.1 Å². The van der Waals surface area contributed by atoms with E-state index in [1.807, 2.05) is 19.9 Å². The number of guanidine groups is 1. The average Bonchev–Trinajstić information content (AvgIpc) is 3.33. The Bertz CT molecular complexity index is 903. The van der Waals surface area contributed by atoms with E-state index >= 15 is 0 Å². The molecule has 0 bridgehead atoms. The lowest BCUT2D eigenvalue weighted by Gasteiger charge is -2.18. The summed E-state index contributed by atoms with van der Waals surface area (Å²) in [5.41, 5.74) is 1.48. The van der Waals surface area contributed by atoms with Gasteiger partial charge in [-0.15, -0.1) is 5.10 Å². The maximum Gasteiger partial charge on any atom is 0.216 e. The molecule has 0 saturated heterocycles. The number of aliphatic imine (C=N–C) groups is 1. The largest absolute Gasteiger partial charge is 0.461 e. The fraction of sp³-hybridized carbons (Fsp3) is 0.316. The predicted octanol–water partition coefficient (Wildman–Crippen LogP) is 3.33. The van der Waals surface area contributed by atoms with E-state index in [2.05, 4.69) is 30.8 Å². The second kappa shape index (κ2) is 8.48. The molecule has 3 N–H and O–H groups in total. The van der Waals surface area contributed by atoms with Gasteiger partial charge in [0.15, 0.2) is 11.7 Å². The summed E-state index contributed by atoms with van der Waals surface area (Å²) in [6.07, 6.45) is 1.58. The van der Waals surface area contributed by atoms with E-state index in [1.54, 1.807) is 37.5 Å². The number of furan rings is 1. The van der Waals surface area contributed by atoms with Gasteiger partial charge >= 0.3 is 0 Å². The maximum absolute atomic E-state index is 13.8. The molecule has 0 fully saturated rings. The molecule has 2 aromatic heterocycles. The molecule has 7 nitrogen and oxygen atoms in total. The number of aryl methyl sites for hydroxylation is 1. The van der Waals surface area contributed by atoms with E-state index in [9.17, 15) is 4.39 Å². The minimum Gasteiger partial charge on any atom is -0.461 e. The van der Waals surface area contributed by atoms with Crippen LogP contribution < -0.4 is 10.6 Å². The van der Waals surface area contributed by atoms with E-state index in [0.717, 1.165) is 5.56 Å². The Hall–Kier alpha value is -3.16. The first-order valence-electron chi connectivity index (χ1n) is 8.83. The lowest BCUT2D eigenvalue weighted by Crippen LogP contribution is -2.38. The van der Waals surface area contributed by atoms with Crippen molar-refractivity contribution in [2.75, 3.05) is 6.54 Å². The first kappa shape index (κ1) is 18.6. The van der Waals surface area contributed by atoms with Gasteiger partial charge in [-0.2, -0.15) is 0 Å². The second-order valence-electron chi connectivity index (χ2n) is 6.15. The monoisotopic (exact) mass is 370 g/mol. The molecule has 1 unspecified atom stereocenters. The number of hydrogen-bond donors (Lipinski definition) is 3. The molecule has 3 aromatic rings. The van der Waals surface area contributed by atoms with Gasteiger partial charge in [0, 0.05) is 6.54 Å². The molecule has 0 radical (unpaired) electrons. The van der Waals surface area contributed by atoms with Crippen molar-refractivity contribution in [3.8, 4) is 11.6 Å². The van der Waals surface area contributed by atoms with Crippen LogP contribution in [0.15, 0.2) is 46.0 Å². The number of benzene rings is 1. The van der Waals surface area contributed by atoms with E-state index < -0.39 is 0 Å². The number of nitrogens with one attached hydrogen (secondary N) is 3. The first-order chi connectivity index (χ1) is 13.1. The normalized spacial score (nSPS) is 12.8. The molecule has 2 heterocycles. The number of halogens is 1. The quantitative estimate of drug-likeness (QED) is 0.457. The lowest BCUT2D eigenvalue weighted by atomic mass is 10.1. The van der Waals surface area contributed by atoms with Gasteiger partial charge in [-0.1, -0.05) is 12.1 Å². The second-order valence-corrected chi connectivity index (χ2v) is 6.15. The molecule has 0 aliphatic carbocycles. The first-order valence-corrected chi connectivity index (χ1v) is 8.83. The molecule has 0 saturated carbocycles. The van der Waals surface area contributed by atoms with E-state index in [-0.39, 0.29) is 11.9 Å². The van der Waals surface area contributed by atoms with Crippen LogP contribution in [0, 0.1) is 12.7 Å². The van der Waals surface area contributed by atoms with Crippen molar-refractivity contribution in [2.24, 2.45) is 4.99 Å². The van der Waals surface area contributed by atoms with Crippen molar-refractivity contribution in [3.63, 3.8) is 0 Å². The average molecular weight is 370 g/mol. The fourth-order valence-corrected chi connectivity index (χ4v) is 2.52. The Morgan fingerprint density at radius 2 is 2.22 bits per heavy atom. The number of aromatic nitrogens is 3. The lowest BCUT2D eigenvalue weighted by molar-refractivity contribution is 0.577. The Morgan fingerprint density at radius 1 is 1.37 bits per heavy atom. The van der Waals surface area contributed by atoms with Gasteiger partial charge in [0.25, 0.3) is 0 Å². The molecule has 0 aliphatic rings. The van der Waals surface area contributed by atoms with Crippen LogP contribution in [0.4, 0.5) is 4.39 Å². The summed E-state index contributed by atoms with van der Waals surface area (Å²) in [6.45, 7) is 6.71. The Labute approximate surface area is 157 Å². The molecule has 3 rings (SSSR count). The molecule has 8 heteroatoms. The fourth-order valence-electron chi connectivity index (χ4n) is 2.52. The van der Waals surface area contributed by atoms with E-state index in [1.165, 1.54) is 0 Å². The number of aromatic amines is 1. The molecule has 142 valence electrons. The Kier molecular flexibility index (Phi) is 5.85. The molecular weight excluding hydrogens is 347 g/mol. The third-order valence-electron chi connectivity index (χ3n) is 4.05. The molecular formula is C19H23FN6O. The van der Waals surface area contributed by atoms with Crippen LogP contribution in [0.25, 0.3) is 11.6 Å². The number of H-pyrrole nitrogens is 1. The molecule has 0 spiro atoms. The summed E-state index contributed by atoms with van der Waals surface area (Å²) < 4.78 is 19.1. The van der Waals surface area contributed by atoms with Crippen LogP contribution >= 0.6 is 0 Å². The number of hydrogen-bond acceptors (Lipinski definition) is 4. The summed E-state index contributed by atoms with van der Waals surface area (Å²) in [7, 11) is 0. The number of rotatable bonds is 6. The third kappa shape index (κ3) is 4.72. The highest BCUT2D eigenvalue weighted by atomic mass is 19.1. The molecule has 0 amide bonds. The van der Waals surface area contributed by atoms with Gasteiger partial charge < -0.3 is 15.1 Å². The van der Waals surface area contributed by atoms with Crippen molar-refractivity contribution < 1.29 is 8.81 Å². The molecule has 0 aliphatic heterocycles. The van der Waals surface area contributed by atoms with Crippen molar-refractivity contribution in [1.82, 2.24) is 25.8 Å². The topological polar surface area (TPSA) is 91.1 Å². The van der Waals surface area contributed by atoms with E-state index in [4.69, 9.17) is 4.42 Å². The van der Waals surface area contributed by atoms with Crippen LogP contribution in [0.5, 0.6) is 0 Å². The van der Waals surface area contributed by atoms with Crippen LogP contribution in [0.3, 0.4) is 0 Å². The van der Waals surface area contributed by atoms with Gasteiger partial charge in [0.1, 0.15) is 18.2 Å². The van der Waals surface area contributed by atoms with Crippen LogP contribution in [0.2, 0.25) is 0 Å². The predicted molar refractivity (Wildman–Crippen MR) is 102 cm³/mol. The molecule has 1 aromatic carbocycles. The summed E-state index contributed by atoms with van der Waals surface area (Å²) in [5, 5.41) is 13.4. The Morgan fingerprint density at radius 3 is 2.93 bits per heavy atom. The summed E-state index contributed by atoms with van der Waals surface area (Å²) >= 11 is 0. The molecule has 27 heavy (non-hydrogen) atoms. The highest BCUT2D eigenvalue weighted by Gasteiger charge is 2.11. The van der Waals surface area contributed by atoms with Crippen molar-refractivity contribution >= 4 is 5.96 Å². The summed E-state index contributed by atoms with van der Waals surface area (Å²) in [4.78, 5) is 8.89. The summed E-state index contributed by atoms with van der Waals surface area (Å²) in [5.74, 6) is 2.11. The van der Waals surface area contributed by atoms with Gasteiger partial charge in [-0.25, -0.2) is 14.4 Å². The standard InChI is InChI=1S/C19H23FN6O/c1-4-21-19(23-13(3)14-8-7-12(2)15(20)10-14)22-11-17-24-18(26-25-17)16-6-5-9-27-16/h5-10,13H,4,11H2,1-3H3,(H2,21,22,23)(H,24,25,26). The van der Waals surface area contributed by atoms with Crippen molar-refractivity contribution in [3.05, 3.63) is 59.4 Å². The van der Waals surface area contributed by atoms with Crippen LogP contribution in [-0.2, 0) is 6.54 Å². The highest BCUT2D eigenvalue weighted by Crippen LogP contribution is 2.17. The summed E-state index contributed by atoms with van der Waals surface area (Å²) in [6, 6.07) is 8.70. The van der Waals surface area contributed by atoms with E-state index in [0.29, 0.717) is 42.0 Å². The molecule has 1 atom stereocenters. The van der Waals surface area contributed by atoms with Crippen LogP contribution in [-0.4, -0.2) is 27.7 Å². The van der Waals surface area contributed by atoms with Gasteiger partial charge in [0.05, 0.1) is 12.3 Å². The zero-order chi connectivity index (χ0) is 19.2. The SMILES string of the molecule is CCNC(=NCc1nc(-c2ccco2)n[nH]1)NC(C)c1ccc(C)c(F)c1. The van der Waals surface area contributed by atoms with Gasteiger partial charge in [-0.3, -0.25) is 5.10 Å². The van der Waals surface area contributed by atoms with Crippen LogP contribution in [0.1, 0.15) is 36.8 Å². The van der Waals surface area contributed by atoms with Gasteiger partial charge in [0.2, 0.25) is 5.82 Å². The van der Waals surface area contributed by atoms with Crippen molar-refractivity contribution in [2.45, 2.75) is 33.4 Å². The zero-order valence-electron chi connectivity index (χ0n) is 15.6. The minimum absolute atomic E-state index is 0.105. The zero-order valence-corrected chi connectivity index (χ0v) is 15.6.